The van der Waals surface area contributed by atoms with Crippen LogP contribution in [0.4, 0.5) is 0 Å². The summed E-state index contributed by atoms with van der Waals surface area (Å²) in [7, 11) is 0. The van der Waals surface area contributed by atoms with E-state index in [1.54, 1.807) is 0 Å². The summed E-state index contributed by atoms with van der Waals surface area (Å²) in [4.78, 5) is 21.9. The summed E-state index contributed by atoms with van der Waals surface area (Å²) in [5.41, 5.74) is -1.52. The highest BCUT2D eigenvalue weighted by Gasteiger charge is 2.10. The molecule has 64 valence electrons. The quantitative estimate of drug-likeness (QED) is 0.525. The van der Waals surface area contributed by atoms with Crippen LogP contribution in [0.3, 0.4) is 0 Å². The average Bonchev–Trinajstić information content (AvgIpc) is 2.14. The number of hydrogen-bond donors (Lipinski definition) is 3. The number of nitrogens with one attached hydrogen (secondary N) is 1. The smallest absolute Gasteiger partial charge is 0.322 e. The topological polar surface area (TPSA) is 66.4 Å². The molecule has 0 aliphatic rings. The molecular weight excluding hydrogens is 166 g/mol. The van der Waals surface area contributed by atoms with Crippen molar-refractivity contribution in [2.75, 3.05) is 12.2 Å². The van der Waals surface area contributed by atoms with Crippen molar-refractivity contribution in [1.82, 2.24) is 5.31 Å². The van der Waals surface area contributed by atoms with Crippen LogP contribution in [0.5, 0.6) is 0 Å². The lowest BCUT2D eigenvalue weighted by Crippen LogP contribution is -2.34. The van der Waals surface area contributed by atoms with Gasteiger partial charge in [0.1, 0.15) is 6.50 Å². The summed E-state index contributed by atoms with van der Waals surface area (Å²) in [6, 6.07) is 0. The van der Waals surface area contributed by atoms with E-state index in [-0.39, 0.29) is 0 Å². The van der Waals surface area contributed by atoms with E-state index in [2.05, 4.69) is 12.6 Å². The zero-order valence-corrected chi connectivity index (χ0v) is 6.63. The first-order valence-electron chi connectivity index (χ1n) is 5.15. The van der Waals surface area contributed by atoms with E-state index >= 15 is 0 Å². The average molecular weight is 182 g/mol. The Labute approximate surface area is 77.5 Å². The maximum absolute atomic E-state index is 11.4. The van der Waals surface area contributed by atoms with Crippen LogP contribution in [0.2, 0.25) is 1.41 Å². The van der Waals surface area contributed by atoms with E-state index < -0.39 is 35.3 Å². The maximum Gasteiger partial charge on any atom is 0.322 e. The standard InChI is InChI=1S/C6H11NO3S/c1-4(3-11)6(10)7-2-5(8)9/h4,11H,2-3H2,1H3,(H,7,10)(H,8,9)/i2D2,3D,4D/hD. The highest BCUT2D eigenvalue weighted by molar-refractivity contribution is 7.80. The van der Waals surface area contributed by atoms with Crippen LogP contribution in [0.25, 0.3) is 0 Å². The van der Waals surface area contributed by atoms with Gasteiger partial charge >= 0.3 is 5.97 Å². The summed E-state index contributed by atoms with van der Waals surface area (Å²) in [6.45, 7) is -2.29. The Hall–Kier alpha value is -0.710. The SMILES string of the molecule is [2H]C(S)C([2H])(C)C(=O)N([2H])C([2H])([2H])C(=O)O. The third-order valence-electron chi connectivity index (χ3n) is 0.784. The number of rotatable bonds is 4. The molecule has 0 bridgehead atoms. The molecule has 11 heavy (non-hydrogen) atoms. The largest absolute Gasteiger partial charge is 0.480 e. The highest BCUT2D eigenvalue weighted by atomic mass is 32.1. The van der Waals surface area contributed by atoms with Crippen molar-refractivity contribution < 1.29 is 21.6 Å². The second-order valence-corrected chi connectivity index (χ2v) is 1.90. The molecule has 1 amide bonds. The number of thiol groups is 1. The Morgan fingerprint density at radius 2 is 2.55 bits per heavy atom. The molecule has 4 nitrogen and oxygen atoms in total. The van der Waals surface area contributed by atoms with Crippen molar-refractivity contribution in [2.45, 2.75) is 6.92 Å². The fourth-order valence-electron chi connectivity index (χ4n) is 0.242. The first-order valence-corrected chi connectivity index (χ1v) is 3.14. The van der Waals surface area contributed by atoms with Gasteiger partial charge in [0.2, 0.25) is 5.91 Å². The fraction of sp³-hybridized carbons (Fsp3) is 0.667. The number of amides is 1. The van der Waals surface area contributed by atoms with Crippen LogP contribution >= 0.6 is 12.6 Å². The molecule has 0 aliphatic heterocycles. The lowest BCUT2D eigenvalue weighted by molar-refractivity contribution is -0.138. The molecule has 2 unspecified atom stereocenters. The van der Waals surface area contributed by atoms with Gasteiger partial charge in [-0.15, -0.1) is 0 Å². The minimum atomic E-state index is -3.25. The molecule has 0 aliphatic carbocycles. The lowest BCUT2D eigenvalue weighted by atomic mass is 10.2. The molecule has 0 aromatic heterocycles. The van der Waals surface area contributed by atoms with E-state index in [0.29, 0.717) is 0 Å². The molecule has 0 aromatic rings. The Kier molecular flexibility index (Phi) is 1.98. The van der Waals surface area contributed by atoms with Gasteiger partial charge in [-0.3, -0.25) is 9.59 Å². The second-order valence-electron chi connectivity index (χ2n) is 1.65. The van der Waals surface area contributed by atoms with Crippen LogP contribution in [0.1, 0.15) is 12.4 Å². The van der Waals surface area contributed by atoms with Crippen molar-refractivity contribution in [1.29, 1.82) is 0 Å². The normalized spacial score (nSPS) is 25.8. The zero-order chi connectivity index (χ0) is 13.3. The number of aliphatic carboxylic acids is 1. The van der Waals surface area contributed by atoms with Crippen LogP contribution < -0.4 is 5.31 Å². The Morgan fingerprint density at radius 3 is 2.91 bits per heavy atom. The third-order valence-corrected chi connectivity index (χ3v) is 1.17. The fourth-order valence-corrected chi connectivity index (χ4v) is 0.352. The van der Waals surface area contributed by atoms with E-state index in [1.807, 2.05) is 0 Å². The number of carbonyl (C=O) groups is 2. The maximum atomic E-state index is 11.4. The highest BCUT2D eigenvalue weighted by Crippen LogP contribution is 1.95. The van der Waals surface area contributed by atoms with Gasteiger partial charge in [0.05, 0.1) is 2.74 Å². The minimum absolute atomic E-state index is 0.458. The van der Waals surface area contributed by atoms with Crippen molar-refractivity contribution in [3.05, 3.63) is 0 Å². The van der Waals surface area contributed by atoms with E-state index in [4.69, 9.17) is 12.0 Å². The lowest BCUT2D eigenvalue weighted by Gasteiger charge is -2.06. The van der Waals surface area contributed by atoms with Gasteiger partial charge in [0, 0.05) is 14.4 Å². The van der Waals surface area contributed by atoms with Gasteiger partial charge in [-0.2, -0.15) is 12.6 Å². The van der Waals surface area contributed by atoms with Gasteiger partial charge in [-0.1, -0.05) is 6.92 Å². The molecule has 2 N–H and O–H groups in total. The number of carbonyl (C=O) groups excluding carboxylic acids is 1. The van der Waals surface area contributed by atoms with Gasteiger partial charge < -0.3 is 10.4 Å². The van der Waals surface area contributed by atoms with Crippen LogP contribution in [0.15, 0.2) is 0 Å². The Balaban J connectivity index is 5.10. The molecule has 0 aromatic carbocycles. The number of hydrogen-bond acceptors (Lipinski definition) is 3. The summed E-state index contributed by atoms with van der Waals surface area (Å²) < 4.78 is 35.5. The number of carboxylic acids is 1. The van der Waals surface area contributed by atoms with E-state index in [1.165, 1.54) is 0 Å². The van der Waals surface area contributed by atoms with E-state index in [0.717, 1.165) is 6.92 Å². The van der Waals surface area contributed by atoms with Crippen molar-refractivity contribution in [2.24, 2.45) is 5.89 Å². The molecule has 0 spiro atoms. The van der Waals surface area contributed by atoms with Gasteiger partial charge in [-0.05, 0) is 0 Å². The molecular formula is C6H11NO3S. The van der Waals surface area contributed by atoms with Crippen LogP contribution in [-0.4, -0.2) is 29.2 Å². The van der Waals surface area contributed by atoms with Gasteiger partial charge in [0.25, 0.3) is 0 Å². The van der Waals surface area contributed by atoms with Gasteiger partial charge in [0.15, 0.2) is 1.41 Å². The van der Waals surface area contributed by atoms with Crippen molar-refractivity contribution >= 4 is 24.5 Å². The first kappa shape index (κ1) is 4.35. The molecule has 0 saturated carbocycles. The third kappa shape index (κ3) is 4.66. The Bertz CT molecular complexity index is 309. The van der Waals surface area contributed by atoms with Crippen molar-refractivity contribution in [3.63, 3.8) is 0 Å². The predicted octanol–water partition coefficient (Wildman–Crippen LogP) is -0.247. The minimum Gasteiger partial charge on any atom is -0.480 e. The second kappa shape index (κ2) is 5.01. The summed E-state index contributed by atoms with van der Waals surface area (Å²) >= 11 is 3.54. The summed E-state index contributed by atoms with van der Waals surface area (Å²) in [5.74, 6) is -5.67. The van der Waals surface area contributed by atoms with Crippen LogP contribution in [0, 0.1) is 5.89 Å². The van der Waals surface area contributed by atoms with E-state index in [9.17, 15) is 9.59 Å². The zero-order valence-electron chi connectivity index (χ0n) is 10.7. The molecule has 2 atom stereocenters. The Morgan fingerprint density at radius 1 is 2.00 bits per heavy atom. The molecule has 5 heteroatoms. The molecule has 0 fully saturated rings. The molecule has 0 radical (unpaired) electrons. The monoisotopic (exact) mass is 182 g/mol. The molecule has 0 heterocycles. The predicted molar refractivity (Wildman–Crippen MR) is 43.7 cm³/mol. The van der Waals surface area contributed by atoms with Crippen LogP contribution in [-0.2, 0) is 9.59 Å². The summed E-state index contributed by atoms with van der Waals surface area (Å²) in [6.07, 6.45) is 0. The number of carboxylic acid groups (broad SMARTS) is 1. The van der Waals surface area contributed by atoms with Gasteiger partial charge in [-0.25, -0.2) is 0 Å². The summed E-state index contributed by atoms with van der Waals surface area (Å²) in [5, 5.41) is 7.99. The first-order chi connectivity index (χ1) is 6.95. The molecule has 0 saturated heterocycles. The molecule has 0 rings (SSSR count). The van der Waals surface area contributed by atoms with Crippen molar-refractivity contribution in [3.8, 4) is 0 Å².